The molecule has 6 nitrogen and oxygen atoms in total. The van der Waals surface area contributed by atoms with E-state index in [4.69, 9.17) is 0 Å². The number of carbonyl (C=O) groups is 1. The number of H-pyrrole nitrogens is 1. The highest BCUT2D eigenvalue weighted by atomic mass is 16.1. The minimum absolute atomic E-state index is 0.00942. The molecule has 1 unspecified atom stereocenters. The van der Waals surface area contributed by atoms with Crippen LogP contribution in [0, 0.1) is 19.8 Å². The average molecular weight is 349 g/mol. The lowest BCUT2D eigenvalue weighted by atomic mass is 9.99. The number of imidazole rings is 2. The standard InChI is InChI=1S/C20H23N5O/c1-13-14(2)23-19(22-13)16-5-3-4-6-17(16)24-20(26)15-7-8-18-21-10-12-25(18)11-9-15/h3-6,10,12,15H,7-9,11H2,1-2H3,(H,22,23)(H,24,26). The monoisotopic (exact) mass is 349 g/mol. The van der Waals surface area contributed by atoms with Crippen molar-refractivity contribution < 1.29 is 4.79 Å². The Morgan fingerprint density at radius 3 is 2.92 bits per heavy atom. The number of rotatable bonds is 3. The van der Waals surface area contributed by atoms with Crippen molar-refractivity contribution in [3.63, 3.8) is 0 Å². The highest BCUT2D eigenvalue weighted by Gasteiger charge is 2.23. The minimum Gasteiger partial charge on any atom is -0.342 e. The van der Waals surface area contributed by atoms with Gasteiger partial charge in [0, 0.05) is 42.5 Å². The van der Waals surface area contributed by atoms with Crippen LogP contribution in [0.4, 0.5) is 5.69 Å². The summed E-state index contributed by atoms with van der Waals surface area (Å²) in [6, 6.07) is 7.81. The van der Waals surface area contributed by atoms with Gasteiger partial charge in [-0.2, -0.15) is 0 Å². The van der Waals surface area contributed by atoms with E-state index in [1.807, 2.05) is 50.5 Å². The van der Waals surface area contributed by atoms with E-state index < -0.39 is 0 Å². The molecule has 1 amide bonds. The van der Waals surface area contributed by atoms with E-state index >= 15 is 0 Å². The summed E-state index contributed by atoms with van der Waals surface area (Å²) in [5.41, 5.74) is 3.73. The number of amides is 1. The molecule has 3 heterocycles. The summed E-state index contributed by atoms with van der Waals surface area (Å²) < 4.78 is 2.15. The molecule has 1 aliphatic rings. The number of aryl methyl sites for hydroxylation is 4. The molecule has 134 valence electrons. The van der Waals surface area contributed by atoms with Crippen LogP contribution in [0.25, 0.3) is 11.4 Å². The topological polar surface area (TPSA) is 75.6 Å². The maximum absolute atomic E-state index is 12.9. The summed E-state index contributed by atoms with van der Waals surface area (Å²) in [7, 11) is 0. The van der Waals surface area contributed by atoms with E-state index in [0.717, 1.165) is 60.1 Å². The molecule has 0 aliphatic carbocycles. The number of hydrogen-bond donors (Lipinski definition) is 2. The highest BCUT2D eigenvalue weighted by Crippen LogP contribution is 2.28. The van der Waals surface area contributed by atoms with Crippen LogP contribution in [0.1, 0.15) is 30.1 Å². The van der Waals surface area contributed by atoms with E-state index in [1.165, 1.54) is 0 Å². The van der Waals surface area contributed by atoms with Gasteiger partial charge in [-0.3, -0.25) is 4.79 Å². The van der Waals surface area contributed by atoms with Gasteiger partial charge in [-0.25, -0.2) is 9.97 Å². The number of nitrogens with one attached hydrogen (secondary N) is 2. The number of aromatic nitrogens is 4. The third kappa shape index (κ3) is 3.14. The number of para-hydroxylation sites is 1. The summed E-state index contributed by atoms with van der Waals surface area (Å²) in [5, 5.41) is 3.13. The van der Waals surface area contributed by atoms with Crippen molar-refractivity contribution in [1.82, 2.24) is 19.5 Å². The second kappa shape index (κ2) is 6.78. The number of nitrogens with zero attached hydrogens (tertiary/aromatic N) is 3. The molecule has 6 heteroatoms. The smallest absolute Gasteiger partial charge is 0.227 e. The molecule has 3 aromatic rings. The van der Waals surface area contributed by atoms with Crippen molar-refractivity contribution in [2.75, 3.05) is 5.32 Å². The molecule has 1 atom stereocenters. The van der Waals surface area contributed by atoms with Gasteiger partial charge in [0.15, 0.2) is 0 Å². The Balaban J connectivity index is 1.52. The molecular weight excluding hydrogens is 326 g/mol. The highest BCUT2D eigenvalue weighted by molar-refractivity contribution is 5.96. The number of hydrogen-bond acceptors (Lipinski definition) is 3. The summed E-state index contributed by atoms with van der Waals surface area (Å²) in [4.78, 5) is 25.1. The Morgan fingerprint density at radius 1 is 1.27 bits per heavy atom. The first-order valence-electron chi connectivity index (χ1n) is 9.05. The van der Waals surface area contributed by atoms with Crippen LogP contribution < -0.4 is 5.32 Å². The zero-order valence-corrected chi connectivity index (χ0v) is 15.1. The largest absolute Gasteiger partial charge is 0.342 e. The molecule has 2 N–H and O–H groups in total. The Hall–Kier alpha value is -2.89. The van der Waals surface area contributed by atoms with Crippen molar-refractivity contribution in [3.05, 3.63) is 53.9 Å². The number of anilines is 1. The fourth-order valence-corrected chi connectivity index (χ4v) is 3.49. The van der Waals surface area contributed by atoms with Crippen LogP contribution in [0.2, 0.25) is 0 Å². The van der Waals surface area contributed by atoms with Crippen molar-refractivity contribution in [2.24, 2.45) is 5.92 Å². The molecule has 2 aromatic heterocycles. The molecule has 0 bridgehead atoms. The molecular formula is C20H23N5O. The molecule has 0 fully saturated rings. The predicted molar refractivity (Wildman–Crippen MR) is 101 cm³/mol. The second-order valence-electron chi connectivity index (χ2n) is 6.89. The van der Waals surface area contributed by atoms with Crippen molar-refractivity contribution >= 4 is 11.6 Å². The Kier molecular flexibility index (Phi) is 4.32. The van der Waals surface area contributed by atoms with Gasteiger partial charge in [0.2, 0.25) is 5.91 Å². The van der Waals surface area contributed by atoms with E-state index in [0.29, 0.717) is 0 Å². The molecule has 4 rings (SSSR count). The van der Waals surface area contributed by atoms with Crippen LogP contribution in [-0.4, -0.2) is 25.4 Å². The summed E-state index contributed by atoms with van der Waals surface area (Å²) in [6.45, 7) is 4.82. The molecule has 1 aromatic carbocycles. The quantitative estimate of drug-likeness (QED) is 0.760. The zero-order valence-electron chi connectivity index (χ0n) is 15.1. The number of carbonyl (C=O) groups excluding carboxylic acids is 1. The van der Waals surface area contributed by atoms with Crippen LogP contribution in [-0.2, 0) is 17.8 Å². The van der Waals surface area contributed by atoms with Gasteiger partial charge in [0.1, 0.15) is 11.6 Å². The van der Waals surface area contributed by atoms with Crippen LogP contribution in [0.3, 0.4) is 0 Å². The molecule has 1 aliphatic heterocycles. The summed E-state index contributed by atoms with van der Waals surface area (Å²) >= 11 is 0. The van der Waals surface area contributed by atoms with Crippen molar-refractivity contribution in [2.45, 2.75) is 39.7 Å². The van der Waals surface area contributed by atoms with E-state index in [-0.39, 0.29) is 11.8 Å². The Bertz CT molecular complexity index is 897. The van der Waals surface area contributed by atoms with E-state index in [2.05, 4.69) is 24.8 Å². The molecule has 0 radical (unpaired) electrons. The van der Waals surface area contributed by atoms with Gasteiger partial charge >= 0.3 is 0 Å². The normalized spacial score (nSPS) is 16.8. The van der Waals surface area contributed by atoms with Gasteiger partial charge in [-0.1, -0.05) is 12.1 Å². The summed E-state index contributed by atoms with van der Waals surface area (Å²) in [6.07, 6.45) is 6.31. The van der Waals surface area contributed by atoms with Gasteiger partial charge < -0.3 is 14.9 Å². The first-order chi connectivity index (χ1) is 12.6. The second-order valence-corrected chi connectivity index (χ2v) is 6.89. The maximum Gasteiger partial charge on any atom is 0.227 e. The Labute approximate surface area is 152 Å². The van der Waals surface area contributed by atoms with Crippen molar-refractivity contribution in [1.29, 1.82) is 0 Å². The lowest BCUT2D eigenvalue weighted by Crippen LogP contribution is -2.23. The lowest BCUT2D eigenvalue weighted by molar-refractivity contribution is -0.120. The predicted octanol–water partition coefficient (Wildman–Crippen LogP) is 3.48. The average Bonchev–Trinajstić information content (AvgIpc) is 3.16. The summed E-state index contributed by atoms with van der Waals surface area (Å²) in [5.74, 6) is 1.92. The molecule has 0 saturated carbocycles. The fourth-order valence-electron chi connectivity index (χ4n) is 3.49. The first-order valence-corrected chi connectivity index (χ1v) is 9.05. The first kappa shape index (κ1) is 16.6. The lowest BCUT2D eigenvalue weighted by Gasteiger charge is -2.15. The van der Waals surface area contributed by atoms with Gasteiger partial charge in [0.25, 0.3) is 0 Å². The van der Waals surface area contributed by atoms with E-state index in [1.54, 1.807) is 0 Å². The SMILES string of the molecule is Cc1nc(-c2ccccc2NC(=O)C2CCc3nccn3CC2)[nH]c1C. The van der Waals surface area contributed by atoms with Gasteiger partial charge in [0.05, 0.1) is 11.4 Å². The minimum atomic E-state index is -0.00942. The number of benzene rings is 1. The number of aromatic amines is 1. The zero-order chi connectivity index (χ0) is 18.1. The third-order valence-electron chi connectivity index (χ3n) is 5.18. The maximum atomic E-state index is 12.9. The van der Waals surface area contributed by atoms with Crippen LogP contribution in [0.15, 0.2) is 36.7 Å². The van der Waals surface area contributed by atoms with Gasteiger partial charge in [-0.05, 0) is 38.8 Å². The van der Waals surface area contributed by atoms with Gasteiger partial charge in [-0.15, -0.1) is 0 Å². The van der Waals surface area contributed by atoms with Crippen LogP contribution >= 0.6 is 0 Å². The number of fused-ring (bicyclic) bond motifs is 1. The third-order valence-corrected chi connectivity index (χ3v) is 5.18. The fraction of sp³-hybridized carbons (Fsp3) is 0.350. The van der Waals surface area contributed by atoms with Crippen molar-refractivity contribution in [3.8, 4) is 11.4 Å². The van der Waals surface area contributed by atoms with Crippen LogP contribution in [0.5, 0.6) is 0 Å². The molecule has 0 spiro atoms. The molecule has 26 heavy (non-hydrogen) atoms. The Morgan fingerprint density at radius 2 is 2.12 bits per heavy atom. The molecule has 0 saturated heterocycles. The van der Waals surface area contributed by atoms with E-state index in [9.17, 15) is 4.79 Å².